The summed E-state index contributed by atoms with van der Waals surface area (Å²) in [5.74, 6) is 1.29. The molecule has 0 saturated carbocycles. The summed E-state index contributed by atoms with van der Waals surface area (Å²) in [6.07, 6.45) is 1.46. The molecule has 3 rings (SSSR count). The Hall–Kier alpha value is -2.01. The second-order valence-corrected chi connectivity index (χ2v) is 5.07. The molecule has 0 radical (unpaired) electrons. The van der Waals surface area contributed by atoms with Gasteiger partial charge in [-0.25, -0.2) is 4.79 Å². The van der Waals surface area contributed by atoms with Gasteiger partial charge in [0.1, 0.15) is 17.1 Å². The van der Waals surface area contributed by atoms with Crippen LogP contribution in [0.5, 0.6) is 11.5 Å². The van der Waals surface area contributed by atoms with Gasteiger partial charge in [0.15, 0.2) is 0 Å². The second kappa shape index (κ2) is 5.41. The van der Waals surface area contributed by atoms with Crippen LogP contribution >= 0.6 is 0 Å². The van der Waals surface area contributed by atoms with Gasteiger partial charge in [0.05, 0.1) is 32.3 Å². The lowest BCUT2D eigenvalue weighted by molar-refractivity contribution is 0.381. The van der Waals surface area contributed by atoms with E-state index in [9.17, 15) is 4.79 Å². The van der Waals surface area contributed by atoms with Crippen LogP contribution in [0.4, 0.5) is 0 Å². The summed E-state index contributed by atoms with van der Waals surface area (Å²) in [5.41, 5.74) is 1.72. The maximum atomic E-state index is 12.0. The largest absolute Gasteiger partial charge is 0.496 e. The van der Waals surface area contributed by atoms with Crippen molar-refractivity contribution < 1.29 is 18.6 Å². The van der Waals surface area contributed by atoms with E-state index in [2.05, 4.69) is 0 Å². The molecule has 0 N–H and O–H groups in total. The highest BCUT2D eigenvalue weighted by Gasteiger charge is 2.27. The van der Waals surface area contributed by atoms with Gasteiger partial charge < -0.3 is 18.6 Å². The van der Waals surface area contributed by atoms with Gasteiger partial charge in [-0.05, 0) is 12.5 Å². The van der Waals surface area contributed by atoms with Crippen LogP contribution in [0, 0.1) is 0 Å². The minimum Gasteiger partial charge on any atom is -0.496 e. The third-order valence-corrected chi connectivity index (χ3v) is 3.77. The Balaban J connectivity index is 2.30. The van der Waals surface area contributed by atoms with Crippen molar-refractivity contribution in [2.75, 3.05) is 20.8 Å². The normalized spacial score (nSPS) is 17.0. The molecule has 5 heteroatoms. The van der Waals surface area contributed by atoms with E-state index in [0.717, 1.165) is 17.6 Å². The molecule has 1 saturated heterocycles. The van der Waals surface area contributed by atoms with E-state index in [-0.39, 0.29) is 11.7 Å². The molecule has 5 nitrogen and oxygen atoms in total. The lowest BCUT2D eigenvalue weighted by Gasteiger charge is -2.14. The second-order valence-electron chi connectivity index (χ2n) is 5.07. The van der Waals surface area contributed by atoms with Crippen molar-refractivity contribution in [3.05, 3.63) is 33.7 Å². The molecule has 0 bridgehead atoms. The van der Waals surface area contributed by atoms with E-state index >= 15 is 0 Å². The Labute approximate surface area is 122 Å². The van der Waals surface area contributed by atoms with Gasteiger partial charge in [-0.3, -0.25) is 0 Å². The van der Waals surface area contributed by atoms with Crippen molar-refractivity contribution in [3.8, 4) is 11.5 Å². The fourth-order valence-corrected chi connectivity index (χ4v) is 2.52. The Kier molecular flexibility index (Phi) is 3.59. The number of aryl methyl sites for hydroxylation is 1. The third kappa shape index (κ3) is 2.49. The SMILES string of the molecule is CCc1cc2c(OC)cc(OC)c(CC3CO3)c2oc1=O. The molecule has 1 aromatic heterocycles. The molecule has 0 spiro atoms. The van der Waals surface area contributed by atoms with E-state index in [1.807, 2.05) is 19.1 Å². The number of methoxy groups -OCH3 is 2. The molecule has 1 atom stereocenters. The van der Waals surface area contributed by atoms with Crippen LogP contribution < -0.4 is 15.1 Å². The van der Waals surface area contributed by atoms with E-state index in [4.69, 9.17) is 18.6 Å². The Morgan fingerprint density at radius 3 is 2.52 bits per heavy atom. The smallest absolute Gasteiger partial charge is 0.339 e. The summed E-state index contributed by atoms with van der Waals surface area (Å²) in [7, 11) is 3.19. The lowest BCUT2D eigenvalue weighted by Crippen LogP contribution is -2.08. The van der Waals surface area contributed by atoms with E-state index < -0.39 is 0 Å². The van der Waals surface area contributed by atoms with Gasteiger partial charge in [0.2, 0.25) is 0 Å². The number of fused-ring (bicyclic) bond motifs is 1. The summed E-state index contributed by atoms with van der Waals surface area (Å²) >= 11 is 0. The fraction of sp³-hybridized carbons (Fsp3) is 0.438. The summed E-state index contributed by atoms with van der Waals surface area (Å²) < 4.78 is 21.7. The Bertz CT molecular complexity index is 728. The standard InChI is InChI=1S/C16H18O5/c1-4-9-5-11-13(18-2)7-14(19-3)12(6-10-8-20-10)15(11)21-16(9)17/h5,7,10H,4,6,8H2,1-3H3. The van der Waals surface area contributed by atoms with Crippen LogP contribution in [-0.4, -0.2) is 26.9 Å². The fourth-order valence-electron chi connectivity index (χ4n) is 2.52. The van der Waals surface area contributed by atoms with Gasteiger partial charge in [-0.1, -0.05) is 6.92 Å². The summed E-state index contributed by atoms with van der Waals surface area (Å²) in [6, 6.07) is 3.68. The first-order valence-corrected chi connectivity index (χ1v) is 7.00. The summed E-state index contributed by atoms with van der Waals surface area (Å²) in [4.78, 5) is 12.0. The van der Waals surface area contributed by atoms with Crippen LogP contribution in [0.3, 0.4) is 0 Å². The van der Waals surface area contributed by atoms with Crippen molar-refractivity contribution in [3.63, 3.8) is 0 Å². The zero-order valence-electron chi connectivity index (χ0n) is 12.4. The molecule has 1 aliphatic heterocycles. The van der Waals surface area contributed by atoms with Gasteiger partial charge in [-0.15, -0.1) is 0 Å². The van der Waals surface area contributed by atoms with Crippen LogP contribution in [-0.2, 0) is 17.6 Å². The van der Waals surface area contributed by atoms with E-state index in [1.54, 1.807) is 14.2 Å². The predicted molar refractivity (Wildman–Crippen MR) is 78.4 cm³/mol. The molecule has 1 aliphatic rings. The molecule has 2 heterocycles. The molecule has 21 heavy (non-hydrogen) atoms. The zero-order chi connectivity index (χ0) is 15.0. The number of ether oxygens (including phenoxy) is 3. The molecule has 0 amide bonds. The van der Waals surface area contributed by atoms with Crippen molar-refractivity contribution in [2.45, 2.75) is 25.9 Å². The van der Waals surface area contributed by atoms with Gasteiger partial charge in [-0.2, -0.15) is 0 Å². The number of hydrogen-bond acceptors (Lipinski definition) is 5. The Morgan fingerprint density at radius 2 is 1.95 bits per heavy atom. The first-order valence-electron chi connectivity index (χ1n) is 7.00. The minimum absolute atomic E-state index is 0.173. The molecule has 112 valence electrons. The highest BCUT2D eigenvalue weighted by atomic mass is 16.6. The van der Waals surface area contributed by atoms with Gasteiger partial charge in [0.25, 0.3) is 0 Å². The molecule has 1 unspecified atom stereocenters. The van der Waals surface area contributed by atoms with E-state index in [0.29, 0.717) is 35.5 Å². The number of epoxide rings is 1. The van der Waals surface area contributed by atoms with Crippen molar-refractivity contribution >= 4 is 11.0 Å². The number of rotatable bonds is 5. The zero-order valence-corrected chi connectivity index (χ0v) is 12.4. The molecular weight excluding hydrogens is 272 g/mol. The van der Waals surface area contributed by atoms with Crippen molar-refractivity contribution in [1.29, 1.82) is 0 Å². The number of hydrogen-bond donors (Lipinski definition) is 0. The monoisotopic (exact) mass is 290 g/mol. The number of benzene rings is 1. The maximum absolute atomic E-state index is 12.0. The molecule has 1 fully saturated rings. The van der Waals surface area contributed by atoms with Crippen LogP contribution in [0.15, 0.2) is 21.3 Å². The topological polar surface area (TPSA) is 61.2 Å². The molecule has 0 aliphatic carbocycles. The molecular formula is C16H18O5. The first-order chi connectivity index (χ1) is 10.2. The predicted octanol–water partition coefficient (Wildman–Crippen LogP) is 2.31. The first kappa shape index (κ1) is 13.9. The maximum Gasteiger partial charge on any atom is 0.339 e. The van der Waals surface area contributed by atoms with Crippen molar-refractivity contribution in [2.24, 2.45) is 0 Å². The highest BCUT2D eigenvalue weighted by Crippen LogP contribution is 2.37. The highest BCUT2D eigenvalue weighted by molar-refractivity contribution is 5.89. The molecule has 1 aromatic carbocycles. The molecule has 2 aromatic rings. The van der Waals surface area contributed by atoms with Gasteiger partial charge in [0, 0.05) is 23.6 Å². The van der Waals surface area contributed by atoms with Crippen LogP contribution in [0.25, 0.3) is 11.0 Å². The third-order valence-electron chi connectivity index (χ3n) is 3.77. The van der Waals surface area contributed by atoms with Crippen LogP contribution in [0.2, 0.25) is 0 Å². The van der Waals surface area contributed by atoms with Crippen molar-refractivity contribution in [1.82, 2.24) is 0 Å². The summed E-state index contributed by atoms with van der Waals surface area (Å²) in [6.45, 7) is 2.65. The quantitative estimate of drug-likeness (QED) is 0.624. The summed E-state index contributed by atoms with van der Waals surface area (Å²) in [5, 5.41) is 0.797. The lowest BCUT2D eigenvalue weighted by atomic mass is 10.0. The van der Waals surface area contributed by atoms with E-state index in [1.165, 1.54) is 0 Å². The van der Waals surface area contributed by atoms with Crippen LogP contribution in [0.1, 0.15) is 18.1 Å². The Morgan fingerprint density at radius 1 is 1.24 bits per heavy atom. The average Bonchev–Trinajstić information content (AvgIpc) is 3.31. The van der Waals surface area contributed by atoms with Gasteiger partial charge >= 0.3 is 5.63 Å². The average molecular weight is 290 g/mol. The minimum atomic E-state index is -0.307.